The van der Waals surface area contributed by atoms with E-state index in [1.165, 1.54) is 25.7 Å². The number of aliphatic hydroxyl groups is 2. The van der Waals surface area contributed by atoms with Crippen LogP contribution in [-0.4, -0.2) is 119 Å². The number of piperidine rings is 2. The summed E-state index contributed by atoms with van der Waals surface area (Å²) >= 11 is 0. The van der Waals surface area contributed by atoms with Crippen LogP contribution in [0.3, 0.4) is 0 Å². The number of likely N-dealkylation sites (tertiary alicyclic amines) is 2. The number of benzene rings is 2. The summed E-state index contributed by atoms with van der Waals surface area (Å²) in [4.78, 5) is 57.5. The van der Waals surface area contributed by atoms with Crippen molar-refractivity contribution >= 4 is 23.9 Å². The summed E-state index contributed by atoms with van der Waals surface area (Å²) in [6.45, 7) is 3.81. The van der Waals surface area contributed by atoms with Crippen LogP contribution < -0.4 is 18.9 Å². The monoisotopic (exact) mass is 852 g/mol. The second-order valence-electron chi connectivity index (χ2n) is 20.2. The van der Waals surface area contributed by atoms with Crippen LogP contribution in [0.2, 0.25) is 0 Å². The summed E-state index contributed by atoms with van der Waals surface area (Å²) in [6.07, 6.45) is 8.06. The quantitative estimate of drug-likeness (QED) is 0.152. The fourth-order valence-electron chi connectivity index (χ4n) is 13.8. The Kier molecular flexibility index (Phi) is 8.97. The van der Waals surface area contributed by atoms with E-state index < -0.39 is 46.6 Å². The molecule has 6 fully saturated rings. The van der Waals surface area contributed by atoms with Gasteiger partial charge in [0.05, 0.1) is 35.2 Å². The van der Waals surface area contributed by atoms with Crippen LogP contribution in [0.25, 0.3) is 0 Å². The standard InChI is InChI=1S/C48H56N2O12/c51-31-13-15-47(55)35-23-29-9-11-33(39-37(29)45(47,41(31)61-39)17-19-49(35)25-27-5-6-27)59-43(53)57-21-3-1-2-4-22-58-44(54)60-34-12-10-30-24-36-48(56)16-14-32(52)42-46(48,38(30)40(34)62-42)18-20-50(36)26-28-7-8-28/h9-12,27-28,35-36,41-42,55-56H,1-8,13-26H2/t35-,36-,41+,42+,45+,46+,47-,48-/m1/s1. The molecule has 2 saturated heterocycles. The molecule has 10 aliphatic rings. The molecule has 4 heterocycles. The third kappa shape index (κ3) is 5.60. The Morgan fingerprint density at radius 2 is 1.06 bits per heavy atom. The maximum Gasteiger partial charge on any atom is 0.513 e. The molecule has 2 aromatic carbocycles. The van der Waals surface area contributed by atoms with E-state index in [1.807, 2.05) is 12.1 Å². The molecule has 2 aromatic rings. The van der Waals surface area contributed by atoms with Gasteiger partial charge in [0.25, 0.3) is 0 Å². The first-order chi connectivity index (χ1) is 30.0. The normalized spacial score (nSPS) is 35.6. The van der Waals surface area contributed by atoms with Gasteiger partial charge in [0.15, 0.2) is 46.8 Å². The fraction of sp³-hybridized carbons (Fsp3) is 0.667. The molecule has 0 unspecified atom stereocenters. The minimum absolute atomic E-state index is 0.0148. The lowest BCUT2D eigenvalue weighted by Crippen LogP contribution is -2.76. The molecule has 14 heteroatoms. The third-order valence-electron chi connectivity index (χ3n) is 17.0. The Morgan fingerprint density at radius 3 is 1.48 bits per heavy atom. The van der Waals surface area contributed by atoms with Crippen molar-refractivity contribution in [3.8, 4) is 23.0 Å². The van der Waals surface area contributed by atoms with Gasteiger partial charge >= 0.3 is 12.3 Å². The van der Waals surface area contributed by atoms with Crippen LogP contribution in [0.4, 0.5) is 9.59 Å². The number of rotatable bonds is 13. The van der Waals surface area contributed by atoms with Crippen molar-refractivity contribution in [3.63, 3.8) is 0 Å². The van der Waals surface area contributed by atoms with E-state index >= 15 is 0 Å². The van der Waals surface area contributed by atoms with E-state index in [9.17, 15) is 29.4 Å². The van der Waals surface area contributed by atoms with Gasteiger partial charge in [0, 0.05) is 49.1 Å². The zero-order chi connectivity index (χ0) is 42.2. The largest absolute Gasteiger partial charge is 0.513 e. The van der Waals surface area contributed by atoms with E-state index in [0.717, 1.165) is 48.4 Å². The Bertz CT molecular complexity index is 2100. The average Bonchev–Trinajstić information content (AvgIpc) is 4.18. The van der Waals surface area contributed by atoms with Gasteiger partial charge in [-0.15, -0.1) is 0 Å². The van der Waals surface area contributed by atoms with Crippen molar-refractivity contribution in [2.45, 2.75) is 149 Å². The highest BCUT2D eigenvalue weighted by Crippen LogP contribution is 2.67. The van der Waals surface area contributed by atoms with Crippen molar-refractivity contribution < 1.29 is 57.8 Å². The smallest absolute Gasteiger partial charge is 0.477 e. The van der Waals surface area contributed by atoms with Crippen molar-refractivity contribution in [2.75, 3.05) is 39.4 Å². The Hall–Kier alpha value is -4.24. The van der Waals surface area contributed by atoms with Gasteiger partial charge in [-0.3, -0.25) is 19.4 Å². The number of Topliss-reactive ketones (excluding diaryl/α,β-unsaturated/α-hetero) is 2. The first-order valence-electron chi connectivity index (χ1n) is 23.4. The first kappa shape index (κ1) is 39.4. The van der Waals surface area contributed by atoms with Crippen LogP contribution in [0.5, 0.6) is 23.0 Å². The van der Waals surface area contributed by atoms with E-state index in [1.54, 1.807) is 12.1 Å². The molecule has 0 radical (unpaired) electrons. The highest BCUT2D eigenvalue weighted by molar-refractivity contribution is 5.91. The average molecular weight is 853 g/mol. The van der Waals surface area contributed by atoms with Crippen molar-refractivity contribution in [1.29, 1.82) is 0 Å². The molecule has 6 aliphatic carbocycles. The number of hydrogen-bond donors (Lipinski definition) is 2. The lowest BCUT2D eigenvalue weighted by molar-refractivity contribution is -0.188. The summed E-state index contributed by atoms with van der Waals surface area (Å²) in [6, 6.07) is 7.19. The number of ether oxygens (including phenoxy) is 6. The van der Waals surface area contributed by atoms with Crippen molar-refractivity contribution in [1.82, 2.24) is 9.80 Å². The molecule has 12 rings (SSSR count). The molecule has 2 spiro atoms. The zero-order valence-corrected chi connectivity index (χ0v) is 35.2. The van der Waals surface area contributed by atoms with Gasteiger partial charge in [-0.2, -0.15) is 0 Å². The van der Waals surface area contributed by atoms with E-state index in [2.05, 4.69) is 9.80 Å². The van der Waals surface area contributed by atoms with Crippen LogP contribution in [0, 0.1) is 11.8 Å². The van der Waals surface area contributed by atoms with Gasteiger partial charge in [0.2, 0.25) is 0 Å². The van der Waals surface area contributed by atoms with Crippen molar-refractivity contribution in [3.05, 3.63) is 46.5 Å². The van der Waals surface area contributed by atoms with E-state index in [0.29, 0.717) is 87.5 Å². The minimum atomic E-state index is -1.10. The predicted octanol–water partition coefficient (Wildman–Crippen LogP) is 5.24. The molecule has 4 aliphatic heterocycles. The number of carbonyl (C=O) groups excluding carboxylic acids is 4. The van der Waals surface area contributed by atoms with Crippen LogP contribution in [-0.2, 0) is 42.7 Å². The number of unbranched alkanes of at least 4 members (excludes halogenated alkanes) is 3. The summed E-state index contributed by atoms with van der Waals surface area (Å²) < 4.78 is 35.1. The molecule has 4 bridgehead atoms. The van der Waals surface area contributed by atoms with Gasteiger partial charge in [-0.25, -0.2) is 9.59 Å². The fourth-order valence-corrected chi connectivity index (χ4v) is 13.8. The molecule has 8 atom stereocenters. The van der Waals surface area contributed by atoms with Gasteiger partial charge in [0.1, 0.15) is 0 Å². The summed E-state index contributed by atoms with van der Waals surface area (Å²) in [7, 11) is 0. The summed E-state index contributed by atoms with van der Waals surface area (Å²) in [5.41, 5.74) is -0.142. The summed E-state index contributed by atoms with van der Waals surface area (Å²) in [5, 5.41) is 25.0. The van der Waals surface area contributed by atoms with Crippen molar-refractivity contribution in [2.24, 2.45) is 11.8 Å². The lowest BCUT2D eigenvalue weighted by atomic mass is 9.49. The second-order valence-corrected chi connectivity index (χ2v) is 20.2. The highest BCUT2D eigenvalue weighted by Gasteiger charge is 2.75. The number of nitrogens with zero attached hydrogens (tertiary/aromatic N) is 2. The molecule has 330 valence electrons. The maximum absolute atomic E-state index is 13.4. The third-order valence-corrected chi connectivity index (χ3v) is 17.0. The molecule has 0 aromatic heterocycles. The highest BCUT2D eigenvalue weighted by atomic mass is 16.7. The molecule has 4 saturated carbocycles. The topological polar surface area (TPSA) is 171 Å². The van der Waals surface area contributed by atoms with E-state index in [4.69, 9.17) is 28.4 Å². The van der Waals surface area contributed by atoms with Gasteiger partial charge < -0.3 is 38.6 Å². The molecular formula is C48H56N2O12. The van der Waals surface area contributed by atoms with Crippen LogP contribution in [0.1, 0.15) is 112 Å². The lowest BCUT2D eigenvalue weighted by Gasteiger charge is -2.62. The SMILES string of the molecule is O=C(OCCCCCCOC(=O)Oc1ccc2c3c1O[C@H]1C(=O)CC[C@@]4(O)[C@@H](C2)N(CC2CC2)CC[C@]314)Oc1ccc2c3c1O[C@H]1C(=O)CC[C@@]4(O)[C@@H](C2)N(CC2CC2)CC[C@]314. The first-order valence-corrected chi connectivity index (χ1v) is 23.4. The number of hydrogen-bond acceptors (Lipinski definition) is 14. The Morgan fingerprint density at radius 1 is 0.629 bits per heavy atom. The molecule has 2 N–H and O–H groups in total. The zero-order valence-electron chi connectivity index (χ0n) is 35.2. The molecule has 0 amide bonds. The van der Waals surface area contributed by atoms with Gasteiger partial charge in [-0.05, 0) is 138 Å². The second kappa shape index (κ2) is 14.1. The molecular weight excluding hydrogens is 797 g/mol. The van der Waals surface area contributed by atoms with E-state index in [-0.39, 0.29) is 61.2 Å². The van der Waals surface area contributed by atoms with Crippen LogP contribution in [0.15, 0.2) is 24.3 Å². The Balaban J connectivity index is 0.626. The number of carbonyl (C=O) groups is 4. The maximum atomic E-state index is 13.4. The molecule has 62 heavy (non-hydrogen) atoms. The van der Waals surface area contributed by atoms with Gasteiger partial charge in [-0.1, -0.05) is 12.1 Å². The number of ketones is 2. The Labute approximate surface area is 360 Å². The predicted molar refractivity (Wildman–Crippen MR) is 219 cm³/mol. The molecule has 14 nitrogen and oxygen atoms in total. The summed E-state index contributed by atoms with van der Waals surface area (Å²) in [5.74, 6) is 2.52. The van der Waals surface area contributed by atoms with Crippen LogP contribution >= 0.6 is 0 Å². The minimum Gasteiger partial charge on any atom is -0.477 e.